The van der Waals surface area contributed by atoms with Crippen molar-refractivity contribution in [3.63, 3.8) is 0 Å². The van der Waals surface area contributed by atoms with Crippen molar-refractivity contribution in [2.24, 2.45) is 0 Å². The van der Waals surface area contributed by atoms with Crippen molar-refractivity contribution in [1.82, 2.24) is 9.80 Å². The summed E-state index contributed by atoms with van der Waals surface area (Å²) >= 11 is 0. The van der Waals surface area contributed by atoms with Gasteiger partial charge < -0.3 is 0 Å². The number of rotatable bonds is 4. The molecule has 0 radical (unpaired) electrons. The van der Waals surface area contributed by atoms with Crippen LogP contribution in [0.3, 0.4) is 0 Å². The highest BCUT2D eigenvalue weighted by atomic mass is 16.2. The van der Waals surface area contributed by atoms with Crippen molar-refractivity contribution in [2.75, 3.05) is 0 Å². The van der Waals surface area contributed by atoms with E-state index in [1.807, 2.05) is 48.5 Å². The molecule has 6 heteroatoms. The van der Waals surface area contributed by atoms with Crippen LogP contribution in [-0.4, -0.2) is 39.1 Å². The number of imide groups is 2. The Morgan fingerprint density at radius 2 is 1.06 bits per heavy atom. The zero-order valence-corrected chi connectivity index (χ0v) is 17.4. The summed E-state index contributed by atoms with van der Waals surface area (Å²) in [6.07, 6.45) is 6.39. The second-order valence-electron chi connectivity index (χ2n) is 8.41. The predicted octanol–water partition coefficient (Wildman–Crippen LogP) is 3.28. The van der Waals surface area contributed by atoms with Gasteiger partial charge in [0.1, 0.15) is 5.66 Å². The summed E-state index contributed by atoms with van der Waals surface area (Å²) in [5.74, 6) is -2.26. The van der Waals surface area contributed by atoms with Crippen LogP contribution in [0.5, 0.6) is 0 Å². The summed E-state index contributed by atoms with van der Waals surface area (Å²) in [7, 11) is 0. The topological polar surface area (TPSA) is 74.8 Å². The Morgan fingerprint density at radius 1 is 0.625 bits per heavy atom. The van der Waals surface area contributed by atoms with Gasteiger partial charge >= 0.3 is 0 Å². The van der Waals surface area contributed by atoms with E-state index in [-0.39, 0.29) is 5.92 Å². The van der Waals surface area contributed by atoms with Crippen LogP contribution in [0, 0.1) is 0 Å². The van der Waals surface area contributed by atoms with Crippen LogP contribution < -0.4 is 0 Å². The molecule has 0 saturated heterocycles. The van der Waals surface area contributed by atoms with E-state index in [2.05, 4.69) is 12.1 Å². The van der Waals surface area contributed by atoms with Crippen LogP contribution in [0.2, 0.25) is 0 Å². The third kappa shape index (κ3) is 3.02. The fraction of sp³-hybridized carbons (Fsp3) is 0.231. The van der Waals surface area contributed by atoms with Gasteiger partial charge in [0.25, 0.3) is 23.6 Å². The lowest BCUT2D eigenvalue weighted by molar-refractivity contribution is -0.170. The van der Waals surface area contributed by atoms with Gasteiger partial charge in [0.05, 0.1) is 0 Å². The Kier molecular flexibility index (Phi) is 4.85. The van der Waals surface area contributed by atoms with Crippen molar-refractivity contribution in [3.8, 4) is 0 Å². The zero-order valence-electron chi connectivity index (χ0n) is 17.4. The lowest BCUT2D eigenvalue weighted by atomic mass is 9.67. The lowest BCUT2D eigenvalue weighted by Gasteiger charge is -2.54. The van der Waals surface area contributed by atoms with Gasteiger partial charge in [-0.15, -0.1) is 0 Å². The van der Waals surface area contributed by atoms with Gasteiger partial charge in [-0.25, -0.2) is 9.80 Å². The van der Waals surface area contributed by atoms with Gasteiger partial charge in [-0.05, 0) is 36.3 Å². The highest BCUT2D eigenvalue weighted by molar-refractivity contribution is 6.17. The van der Waals surface area contributed by atoms with Gasteiger partial charge in [-0.2, -0.15) is 0 Å². The summed E-state index contributed by atoms with van der Waals surface area (Å²) in [5.41, 5.74) is 0.645. The summed E-state index contributed by atoms with van der Waals surface area (Å²) < 4.78 is 0. The number of hydrogen-bond donors (Lipinski definition) is 0. The Labute approximate surface area is 185 Å². The number of benzene rings is 2. The van der Waals surface area contributed by atoms with Gasteiger partial charge in [-0.1, -0.05) is 60.7 Å². The van der Waals surface area contributed by atoms with E-state index in [1.165, 1.54) is 24.3 Å². The maximum Gasteiger partial charge on any atom is 0.255 e. The molecule has 2 aliphatic heterocycles. The van der Waals surface area contributed by atoms with E-state index in [0.29, 0.717) is 19.3 Å². The van der Waals surface area contributed by atoms with Crippen LogP contribution in [0.25, 0.3) is 0 Å². The molecule has 0 N–H and O–H groups in total. The smallest absolute Gasteiger partial charge is 0.255 e. The van der Waals surface area contributed by atoms with E-state index in [9.17, 15) is 19.2 Å². The van der Waals surface area contributed by atoms with Gasteiger partial charge in [-0.3, -0.25) is 19.2 Å². The molecule has 2 unspecified atom stereocenters. The second-order valence-corrected chi connectivity index (χ2v) is 8.41. The molecule has 0 spiro atoms. The molecule has 1 fully saturated rings. The Hall–Kier alpha value is -3.80. The average molecular weight is 426 g/mol. The Balaban J connectivity index is 1.68. The lowest BCUT2D eigenvalue weighted by Crippen LogP contribution is -2.68. The summed E-state index contributed by atoms with van der Waals surface area (Å²) in [5, 5.41) is 0. The third-order valence-electron chi connectivity index (χ3n) is 6.80. The number of carbonyl (C=O) groups excluding carboxylic acids is 4. The van der Waals surface area contributed by atoms with Crippen LogP contribution in [-0.2, 0) is 19.2 Å². The molecule has 2 atom stereocenters. The molecule has 1 aliphatic carbocycles. The normalized spacial score (nSPS) is 24.6. The molecule has 1 saturated carbocycles. The molecule has 5 rings (SSSR count). The van der Waals surface area contributed by atoms with Crippen molar-refractivity contribution >= 4 is 23.6 Å². The first-order valence-electron chi connectivity index (χ1n) is 10.7. The molecule has 3 aliphatic rings. The van der Waals surface area contributed by atoms with Crippen LogP contribution in [0.4, 0.5) is 0 Å². The predicted molar refractivity (Wildman–Crippen MR) is 117 cm³/mol. The number of hydrogen-bond acceptors (Lipinski definition) is 4. The van der Waals surface area contributed by atoms with E-state index in [1.54, 1.807) is 0 Å². The first-order chi connectivity index (χ1) is 15.5. The van der Waals surface area contributed by atoms with E-state index in [0.717, 1.165) is 20.9 Å². The first-order valence-corrected chi connectivity index (χ1v) is 10.7. The third-order valence-corrected chi connectivity index (χ3v) is 6.80. The number of amides is 4. The second kappa shape index (κ2) is 7.71. The highest BCUT2D eigenvalue weighted by Gasteiger charge is 2.59. The molecule has 160 valence electrons. The highest BCUT2D eigenvalue weighted by Crippen LogP contribution is 2.52. The molecule has 0 bridgehead atoms. The average Bonchev–Trinajstić information content (AvgIpc) is 3.35. The minimum atomic E-state index is -1.40. The molecule has 6 nitrogen and oxygen atoms in total. The molecule has 32 heavy (non-hydrogen) atoms. The fourth-order valence-corrected chi connectivity index (χ4v) is 5.47. The van der Waals surface area contributed by atoms with Crippen LogP contribution in [0.15, 0.2) is 85.0 Å². The van der Waals surface area contributed by atoms with E-state index >= 15 is 0 Å². The zero-order chi connectivity index (χ0) is 22.3. The largest absolute Gasteiger partial charge is 0.269 e. The van der Waals surface area contributed by atoms with Crippen LogP contribution in [0.1, 0.15) is 42.2 Å². The van der Waals surface area contributed by atoms with E-state index < -0.39 is 35.2 Å². The minimum absolute atomic E-state index is 0.163. The maximum absolute atomic E-state index is 12.9. The fourth-order valence-electron chi connectivity index (χ4n) is 5.47. The molecular formula is C26H22N2O4. The van der Waals surface area contributed by atoms with Crippen LogP contribution >= 0.6 is 0 Å². The first kappa shape index (κ1) is 20.1. The molecule has 2 heterocycles. The Morgan fingerprint density at radius 3 is 1.53 bits per heavy atom. The molecule has 2 aromatic rings. The number of carbonyl (C=O) groups is 4. The molecule has 2 aromatic carbocycles. The van der Waals surface area contributed by atoms with E-state index in [4.69, 9.17) is 0 Å². The summed E-state index contributed by atoms with van der Waals surface area (Å²) in [6.45, 7) is 0. The van der Waals surface area contributed by atoms with Crippen molar-refractivity contribution in [3.05, 3.63) is 96.1 Å². The van der Waals surface area contributed by atoms with Crippen molar-refractivity contribution in [2.45, 2.75) is 36.8 Å². The van der Waals surface area contributed by atoms with Gasteiger partial charge in [0, 0.05) is 30.2 Å². The quantitative estimate of drug-likeness (QED) is 0.704. The summed E-state index contributed by atoms with van der Waals surface area (Å²) in [6, 6.07) is 19.6. The van der Waals surface area contributed by atoms with Crippen molar-refractivity contribution < 1.29 is 19.2 Å². The SMILES string of the molecule is O=C1C=CC(=O)N1C1(N2C(=O)C=CC2=O)CCC(c2ccccc2)CC1c1ccccc1. The standard InChI is InChI=1S/C26H22N2O4/c29-22-11-12-23(30)27(22)26(28-24(31)13-14-25(28)32)16-15-20(18-7-3-1-4-8-18)17-21(26)19-9-5-2-6-10-19/h1-14,20-21H,15-17H2. The monoisotopic (exact) mass is 426 g/mol. The van der Waals surface area contributed by atoms with Gasteiger partial charge in [0.15, 0.2) is 0 Å². The Bertz CT molecular complexity index is 1070. The summed E-state index contributed by atoms with van der Waals surface area (Å²) in [4.78, 5) is 54.0. The maximum atomic E-state index is 12.9. The number of nitrogens with zero attached hydrogens (tertiary/aromatic N) is 2. The molecular weight excluding hydrogens is 404 g/mol. The van der Waals surface area contributed by atoms with Crippen molar-refractivity contribution in [1.29, 1.82) is 0 Å². The minimum Gasteiger partial charge on any atom is -0.269 e. The molecule has 0 aromatic heterocycles. The molecule has 4 amide bonds. The van der Waals surface area contributed by atoms with Gasteiger partial charge in [0.2, 0.25) is 0 Å².